The van der Waals surface area contributed by atoms with E-state index in [-0.39, 0.29) is 4.90 Å². The number of nitrogens with one attached hydrogen (secondary N) is 1. The number of aryl methyl sites for hydroxylation is 1. The second kappa shape index (κ2) is 5.42. The first kappa shape index (κ1) is 14.2. The van der Waals surface area contributed by atoms with Gasteiger partial charge in [0, 0.05) is 6.07 Å². The van der Waals surface area contributed by atoms with Crippen molar-refractivity contribution in [2.45, 2.75) is 11.8 Å². The van der Waals surface area contributed by atoms with Gasteiger partial charge >= 0.3 is 0 Å². The normalized spacial score (nSPS) is 11.1. The van der Waals surface area contributed by atoms with Crippen LogP contribution >= 0.6 is 0 Å². The lowest BCUT2D eigenvalue weighted by Crippen LogP contribution is -2.13. The third-order valence-electron chi connectivity index (χ3n) is 2.79. The number of nitrogen functional groups attached to an aromatic ring is 1. The van der Waals surface area contributed by atoms with E-state index in [9.17, 15) is 8.42 Å². The van der Waals surface area contributed by atoms with Crippen LogP contribution in [0, 0.1) is 6.92 Å². The van der Waals surface area contributed by atoms with Crippen LogP contribution in [0.15, 0.2) is 47.4 Å². The molecule has 2 aromatic carbocycles. The van der Waals surface area contributed by atoms with E-state index in [4.69, 9.17) is 10.5 Å². The van der Waals surface area contributed by atoms with Gasteiger partial charge in [0.15, 0.2) is 0 Å². The van der Waals surface area contributed by atoms with Crippen LogP contribution in [-0.4, -0.2) is 15.5 Å². The third-order valence-corrected chi connectivity index (χ3v) is 4.16. The van der Waals surface area contributed by atoms with Crippen LogP contribution in [-0.2, 0) is 10.0 Å². The molecule has 0 fully saturated rings. The molecule has 106 valence electrons. The number of methoxy groups -OCH3 is 1. The molecule has 0 radical (unpaired) electrons. The van der Waals surface area contributed by atoms with Crippen molar-refractivity contribution in [2.24, 2.45) is 0 Å². The smallest absolute Gasteiger partial charge is 0.261 e. The Morgan fingerprint density at radius 1 is 1.15 bits per heavy atom. The van der Waals surface area contributed by atoms with Gasteiger partial charge in [-0.15, -0.1) is 0 Å². The molecule has 0 aliphatic carbocycles. The van der Waals surface area contributed by atoms with Gasteiger partial charge in [-0.25, -0.2) is 8.42 Å². The highest BCUT2D eigenvalue weighted by atomic mass is 32.2. The molecule has 5 nitrogen and oxygen atoms in total. The molecule has 0 heterocycles. The number of rotatable bonds is 4. The van der Waals surface area contributed by atoms with Crippen molar-refractivity contribution in [1.29, 1.82) is 0 Å². The maximum Gasteiger partial charge on any atom is 0.261 e. The van der Waals surface area contributed by atoms with E-state index in [1.165, 1.54) is 7.11 Å². The van der Waals surface area contributed by atoms with Crippen LogP contribution in [0.3, 0.4) is 0 Å². The van der Waals surface area contributed by atoms with Gasteiger partial charge in [0.1, 0.15) is 5.75 Å². The number of hydrogen-bond acceptors (Lipinski definition) is 4. The van der Waals surface area contributed by atoms with Gasteiger partial charge in [-0.2, -0.15) is 0 Å². The fourth-order valence-electron chi connectivity index (χ4n) is 1.77. The van der Waals surface area contributed by atoms with E-state index in [1.807, 2.05) is 13.0 Å². The molecule has 0 aliphatic heterocycles. The lowest BCUT2D eigenvalue weighted by molar-refractivity contribution is 0.417. The number of sulfonamides is 1. The van der Waals surface area contributed by atoms with Gasteiger partial charge in [-0.1, -0.05) is 12.1 Å². The lowest BCUT2D eigenvalue weighted by Gasteiger charge is -2.11. The second-order valence-corrected chi connectivity index (χ2v) is 6.06. The molecule has 0 aliphatic rings. The standard InChI is InChI=1S/C14H16N2O3S/c1-10-4-3-5-12(8-10)20(17,18)16-11-6-7-13(15)14(9-11)19-2/h3-9,16H,15H2,1-2H3. The van der Waals surface area contributed by atoms with Crippen molar-refractivity contribution in [3.05, 3.63) is 48.0 Å². The van der Waals surface area contributed by atoms with E-state index >= 15 is 0 Å². The average Bonchev–Trinajstić information content (AvgIpc) is 2.40. The van der Waals surface area contributed by atoms with Gasteiger partial charge in [-0.05, 0) is 36.8 Å². The Bertz CT molecular complexity index is 727. The molecule has 0 aromatic heterocycles. The fourth-order valence-corrected chi connectivity index (χ4v) is 2.93. The minimum absolute atomic E-state index is 0.216. The summed E-state index contributed by atoms with van der Waals surface area (Å²) < 4.78 is 32.1. The summed E-state index contributed by atoms with van der Waals surface area (Å²) in [5, 5.41) is 0. The summed E-state index contributed by atoms with van der Waals surface area (Å²) in [7, 11) is -2.14. The minimum Gasteiger partial charge on any atom is -0.495 e. The van der Waals surface area contributed by atoms with Crippen LogP contribution in [0.4, 0.5) is 11.4 Å². The molecule has 0 saturated carbocycles. The molecular weight excluding hydrogens is 276 g/mol. The van der Waals surface area contributed by atoms with Gasteiger partial charge in [0.25, 0.3) is 10.0 Å². The zero-order valence-electron chi connectivity index (χ0n) is 11.3. The predicted octanol–water partition coefficient (Wildman–Crippen LogP) is 2.39. The second-order valence-electron chi connectivity index (χ2n) is 4.38. The largest absolute Gasteiger partial charge is 0.495 e. The molecule has 3 N–H and O–H groups in total. The van der Waals surface area contributed by atoms with Crippen LogP contribution in [0.1, 0.15) is 5.56 Å². The van der Waals surface area contributed by atoms with Crippen LogP contribution < -0.4 is 15.2 Å². The topological polar surface area (TPSA) is 81.4 Å². The highest BCUT2D eigenvalue weighted by molar-refractivity contribution is 7.92. The molecule has 6 heteroatoms. The monoisotopic (exact) mass is 292 g/mol. The van der Waals surface area contributed by atoms with Crippen LogP contribution in [0.25, 0.3) is 0 Å². The Labute approximate surface area is 118 Å². The molecule has 0 bridgehead atoms. The first-order chi connectivity index (χ1) is 9.42. The highest BCUT2D eigenvalue weighted by Gasteiger charge is 2.14. The quantitative estimate of drug-likeness (QED) is 0.848. The summed E-state index contributed by atoms with van der Waals surface area (Å²) in [5.74, 6) is 0.425. The number of nitrogens with two attached hydrogens (primary N) is 1. The summed E-state index contributed by atoms with van der Waals surface area (Å²) in [6.45, 7) is 1.84. The maximum atomic E-state index is 12.3. The molecule has 2 rings (SSSR count). The Morgan fingerprint density at radius 2 is 1.90 bits per heavy atom. The number of hydrogen-bond donors (Lipinski definition) is 2. The summed E-state index contributed by atoms with van der Waals surface area (Å²) >= 11 is 0. The SMILES string of the molecule is COc1cc(NS(=O)(=O)c2cccc(C)c2)ccc1N. The summed E-state index contributed by atoms with van der Waals surface area (Å²) in [6, 6.07) is 11.4. The zero-order valence-corrected chi connectivity index (χ0v) is 12.1. The van der Waals surface area contributed by atoms with E-state index in [0.717, 1.165) is 5.56 Å². The van der Waals surface area contributed by atoms with Crippen LogP contribution in [0.2, 0.25) is 0 Å². The molecule has 0 unspecified atom stereocenters. The van der Waals surface area contributed by atoms with Crippen molar-refractivity contribution in [1.82, 2.24) is 0 Å². The Morgan fingerprint density at radius 3 is 2.55 bits per heavy atom. The van der Waals surface area contributed by atoms with Gasteiger partial charge in [0.2, 0.25) is 0 Å². The Hall–Kier alpha value is -2.21. The number of anilines is 2. The van der Waals surface area contributed by atoms with Crippen LogP contribution in [0.5, 0.6) is 5.75 Å². The molecule has 20 heavy (non-hydrogen) atoms. The van der Waals surface area contributed by atoms with Gasteiger partial charge < -0.3 is 10.5 Å². The summed E-state index contributed by atoms with van der Waals surface area (Å²) in [4.78, 5) is 0.216. The third kappa shape index (κ3) is 3.03. The number of benzene rings is 2. The van der Waals surface area contributed by atoms with Gasteiger partial charge in [0.05, 0.1) is 23.4 Å². The highest BCUT2D eigenvalue weighted by Crippen LogP contribution is 2.26. The van der Waals surface area contributed by atoms with Crippen molar-refractivity contribution in [3.8, 4) is 5.75 Å². The molecule has 0 saturated heterocycles. The van der Waals surface area contributed by atoms with Crippen molar-refractivity contribution < 1.29 is 13.2 Å². The Kier molecular flexibility index (Phi) is 3.85. The van der Waals surface area contributed by atoms with E-state index in [2.05, 4.69) is 4.72 Å². The summed E-state index contributed by atoms with van der Waals surface area (Å²) in [5.41, 5.74) is 7.42. The maximum absolute atomic E-state index is 12.3. The average molecular weight is 292 g/mol. The molecule has 0 atom stereocenters. The summed E-state index contributed by atoms with van der Waals surface area (Å²) in [6.07, 6.45) is 0. The zero-order chi connectivity index (χ0) is 14.8. The first-order valence-electron chi connectivity index (χ1n) is 5.95. The molecule has 0 amide bonds. The number of ether oxygens (including phenoxy) is 1. The van der Waals surface area contributed by atoms with E-state index in [1.54, 1.807) is 36.4 Å². The fraction of sp³-hybridized carbons (Fsp3) is 0.143. The lowest BCUT2D eigenvalue weighted by atomic mass is 10.2. The van der Waals surface area contributed by atoms with E-state index in [0.29, 0.717) is 17.1 Å². The van der Waals surface area contributed by atoms with Crippen molar-refractivity contribution >= 4 is 21.4 Å². The molecule has 2 aromatic rings. The molecular formula is C14H16N2O3S. The molecule has 0 spiro atoms. The predicted molar refractivity (Wildman–Crippen MR) is 79.4 cm³/mol. The Balaban J connectivity index is 2.33. The van der Waals surface area contributed by atoms with Gasteiger partial charge in [-0.3, -0.25) is 4.72 Å². The van der Waals surface area contributed by atoms with Crippen molar-refractivity contribution in [2.75, 3.05) is 17.6 Å². The first-order valence-corrected chi connectivity index (χ1v) is 7.44. The minimum atomic E-state index is -3.62. The van der Waals surface area contributed by atoms with E-state index < -0.39 is 10.0 Å². The van der Waals surface area contributed by atoms with Crippen molar-refractivity contribution in [3.63, 3.8) is 0 Å².